The second kappa shape index (κ2) is 3.79. The van der Waals surface area contributed by atoms with Gasteiger partial charge in [0.2, 0.25) is 5.95 Å². The molecule has 0 aliphatic carbocycles. The van der Waals surface area contributed by atoms with Gasteiger partial charge in [-0.2, -0.15) is 0 Å². The smallest absolute Gasteiger partial charge is 0.204 e. The molecule has 4 heteroatoms. The molecule has 0 unspecified atom stereocenters. The monoisotopic (exact) mass is 216 g/mol. The van der Waals surface area contributed by atoms with Crippen LogP contribution in [0, 0.1) is 0 Å². The Bertz CT molecular complexity index is 453. The first-order valence-corrected chi connectivity index (χ1v) is 5.80. The lowest BCUT2D eigenvalue weighted by molar-refractivity contribution is 0.414. The zero-order chi connectivity index (χ0) is 11.0. The summed E-state index contributed by atoms with van der Waals surface area (Å²) >= 11 is 0. The molecule has 3 rings (SSSR count). The minimum atomic E-state index is 0.588. The molecule has 0 saturated carbocycles. The van der Waals surface area contributed by atoms with Crippen LogP contribution in [0.3, 0.4) is 0 Å². The number of nitrogens with zero attached hydrogens (tertiary/aromatic N) is 2. The van der Waals surface area contributed by atoms with Gasteiger partial charge >= 0.3 is 0 Å². The van der Waals surface area contributed by atoms with Crippen molar-refractivity contribution >= 4 is 17.0 Å². The number of para-hydroxylation sites is 2. The molecule has 4 nitrogen and oxygen atoms in total. The van der Waals surface area contributed by atoms with Crippen molar-refractivity contribution in [3.63, 3.8) is 0 Å². The Morgan fingerprint density at radius 2 is 2.19 bits per heavy atom. The Kier molecular flexibility index (Phi) is 2.29. The van der Waals surface area contributed by atoms with Crippen LogP contribution >= 0.6 is 0 Å². The molecular formula is C12H16N4. The zero-order valence-electron chi connectivity index (χ0n) is 9.40. The summed E-state index contributed by atoms with van der Waals surface area (Å²) in [5.41, 5.74) is 2.16. The molecule has 1 aromatic carbocycles. The second-order valence-electron chi connectivity index (χ2n) is 4.18. The Labute approximate surface area is 94.7 Å². The number of rotatable bonds is 3. The van der Waals surface area contributed by atoms with E-state index in [4.69, 9.17) is 0 Å². The molecule has 1 aliphatic heterocycles. The molecule has 2 heterocycles. The van der Waals surface area contributed by atoms with Gasteiger partial charge in [-0.15, -0.1) is 0 Å². The average molecular weight is 216 g/mol. The van der Waals surface area contributed by atoms with Crippen LogP contribution in [0.25, 0.3) is 11.0 Å². The van der Waals surface area contributed by atoms with Gasteiger partial charge in [0.1, 0.15) is 0 Å². The number of fused-ring (bicyclic) bond motifs is 1. The van der Waals surface area contributed by atoms with Crippen LogP contribution in [-0.2, 0) is 0 Å². The molecule has 1 fully saturated rings. The minimum Gasteiger partial charge on any atom is -0.337 e. The van der Waals surface area contributed by atoms with Gasteiger partial charge in [-0.25, -0.2) is 4.98 Å². The molecule has 2 aromatic rings. The second-order valence-corrected chi connectivity index (χ2v) is 4.18. The number of imidazole rings is 1. The maximum Gasteiger partial charge on any atom is 0.204 e. The van der Waals surface area contributed by atoms with E-state index in [0.717, 1.165) is 36.6 Å². The summed E-state index contributed by atoms with van der Waals surface area (Å²) in [4.78, 5) is 10.3. The van der Waals surface area contributed by atoms with Crippen LogP contribution < -0.4 is 10.2 Å². The Morgan fingerprint density at radius 3 is 2.81 bits per heavy atom. The largest absolute Gasteiger partial charge is 0.337 e. The van der Waals surface area contributed by atoms with Crippen LogP contribution in [-0.4, -0.2) is 35.6 Å². The third kappa shape index (κ3) is 1.46. The van der Waals surface area contributed by atoms with E-state index in [1.54, 1.807) is 0 Å². The van der Waals surface area contributed by atoms with Gasteiger partial charge in [0.15, 0.2) is 0 Å². The maximum atomic E-state index is 4.63. The van der Waals surface area contributed by atoms with E-state index in [0.29, 0.717) is 6.04 Å². The maximum absolute atomic E-state index is 4.63. The number of hydrogen-bond donors (Lipinski definition) is 2. The van der Waals surface area contributed by atoms with Crippen molar-refractivity contribution in [2.75, 3.05) is 24.5 Å². The summed E-state index contributed by atoms with van der Waals surface area (Å²) in [6, 6.07) is 8.76. The van der Waals surface area contributed by atoms with Crippen molar-refractivity contribution in [3.05, 3.63) is 24.3 Å². The summed E-state index contributed by atoms with van der Waals surface area (Å²) in [5, 5.41) is 3.30. The molecule has 1 saturated heterocycles. The van der Waals surface area contributed by atoms with Gasteiger partial charge in [0, 0.05) is 19.6 Å². The highest BCUT2D eigenvalue weighted by molar-refractivity contribution is 5.77. The Balaban J connectivity index is 1.96. The van der Waals surface area contributed by atoms with Crippen molar-refractivity contribution in [2.45, 2.75) is 13.0 Å². The third-order valence-corrected chi connectivity index (χ3v) is 3.19. The van der Waals surface area contributed by atoms with Crippen molar-refractivity contribution in [3.8, 4) is 0 Å². The number of likely N-dealkylation sites (N-methyl/N-ethyl adjacent to an activating group) is 1. The Hall–Kier alpha value is -1.55. The van der Waals surface area contributed by atoms with Crippen LogP contribution in [0.15, 0.2) is 24.3 Å². The fourth-order valence-electron chi connectivity index (χ4n) is 2.15. The molecule has 0 spiro atoms. The standard InChI is InChI=1S/C12H16N4/c1-2-16(9-7-13-8-9)12-14-10-5-3-4-6-11(10)15-12/h3-6,9,13H,2,7-8H2,1H3,(H,14,15). The molecule has 84 valence electrons. The number of H-pyrrole nitrogens is 1. The highest BCUT2D eigenvalue weighted by Gasteiger charge is 2.25. The van der Waals surface area contributed by atoms with E-state index >= 15 is 0 Å². The molecule has 2 N–H and O–H groups in total. The van der Waals surface area contributed by atoms with E-state index in [-0.39, 0.29) is 0 Å². The normalized spacial score (nSPS) is 16.3. The lowest BCUT2D eigenvalue weighted by atomic mass is 10.1. The van der Waals surface area contributed by atoms with Gasteiger partial charge in [0.25, 0.3) is 0 Å². The van der Waals surface area contributed by atoms with Crippen molar-refractivity contribution in [1.82, 2.24) is 15.3 Å². The lowest BCUT2D eigenvalue weighted by Gasteiger charge is -2.37. The SMILES string of the molecule is CCN(c1nc2ccccc2[nH]1)C1CNC1. The third-order valence-electron chi connectivity index (χ3n) is 3.19. The van der Waals surface area contributed by atoms with Gasteiger partial charge in [-0.3, -0.25) is 0 Å². The van der Waals surface area contributed by atoms with E-state index in [1.807, 2.05) is 18.2 Å². The average Bonchev–Trinajstić information content (AvgIpc) is 2.66. The fourth-order valence-corrected chi connectivity index (χ4v) is 2.15. The number of anilines is 1. The first kappa shape index (κ1) is 9.66. The molecule has 0 radical (unpaired) electrons. The van der Waals surface area contributed by atoms with Gasteiger partial charge < -0.3 is 15.2 Å². The first-order chi connectivity index (χ1) is 7.88. The van der Waals surface area contributed by atoms with Crippen molar-refractivity contribution in [2.24, 2.45) is 0 Å². The molecule has 0 atom stereocenters. The molecule has 1 aliphatic rings. The van der Waals surface area contributed by atoms with E-state index in [9.17, 15) is 0 Å². The summed E-state index contributed by atoms with van der Waals surface area (Å²) in [7, 11) is 0. The quantitative estimate of drug-likeness (QED) is 0.814. The highest BCUT2D eigenvalue weighted by atomic mass is 15.3. The molecular weight excluding hydrogens is 200 g/mol. The Morgan fingerprint density at radius 1 is 1.38 bits per heavy atom. The number of aromatic nitrogens is 2. The number of nitrogens with one attached hydrogen (secondary N) is 2. The van der Waals surface area contributed by atoms with Crippen molar-refractivity contribution < 1.29 is 0 Å². The summed E-state index contributed by atoms with van der Waals surface area (Å²) in [5.74, 6) is 0.996. The molecule has 0 bridgehead atoms. The number of hydrogen-bond acceptors (Lipinski definition) is 3. The van der Waals surface area contributed by atoms with Crippen LogP contribution in [0.4, 0.5) is 5.95 Å². The van der Waals surface area contributed by atoms with Crippen LogP contribution in [0.5, 0.6) is 0 Å². The minimum absolute atomic E-state index is 0.588. The van der Waals surface area contributed by atoms with Gasteiger partial charge in [-0.05, 0) is 19.1 Å². The van der Waals surface area contributed by atoms with E-state index in [1.165, 1.54) is 0 Å². The topological polar surface area (TPSA) is 44.0 Å². The highest BCUT2D eigenvalue weighted by Crippen LogP contribution is 2.19. The number of benzene rings is 1. The summed E-state index contributed by atoms with van der Waals surface area (Å²) < 4.78 is 0. The van der Waals surface area contributed by atoms with Crippen LogP contribution in [0.2, 0.25) is 0 Å². The molecule has 16 heavy (non-hydrogen) atoms. The molecule has 1 aromatic heterocycles. The van der Waals surface area contributed by atoms with Gasteiger partial charge in [-0.1, -0.05) is 12.1 Å². The fraction of sp³-hybridized carbons (Fsp3) is 0.417. The predicted molar refractivity (Wildman–Crippen MR) is 65.8 cm³/mol. The van der Waals surface area contributed by atoms with Gasteiger partial charge in [0.05, 0.1) is 17.1 Å². The number of aromatic amines is 1. The zero-order valence-corrected chi connectivity index (χ0v) is 9.40. The molecule has 0 amide bonds. The van der Waals surface area contributed by atoms with E-state index in [2.05, 4.69) is 33.2 Å². The van der Waals surface area contributed by atoms with E-state index < -0.39 is 0 Å². The summed E-state index contributed by atoms with van der Waals surface area (Å²) in [6.07, 6.45) is 0. The predicted octanol–water partition coefficient (Wildman–Crippen LogP) is 1.36. The van der Waals surface area contributed by atoms with Crippen molar-refractivity contribution in [1.29, 1.82) is 0 Å². The lowest BCUT2D eigenvalue weighted by Crippen LogP contribution is -2.57. The van der Waals surface area contributed by atoms with Crippen LogP contribution in [0.1, 0.15) is 6.92 Å². The first-order valence-electron chi connectivity index (χ1n) is 5.80. The summed E-state index contributed by atoms with van der Waals surface area (Å²) in [6.45, 7) is 5.29.